The van der Waals surface area contributed by atoms with E-state index in [1.807, 2.05) is 24.9 Å². The summed E-state index contributed by atoms with van der Waals surface area (Å²) >= 11 is 0. The Balaban J connectivity index is 1.03. The van der Waals surface area contributed by atoms with E-state index < -0.39 is 12.1 Å². The van der Waals surface area contributed by atoms with Crippen molar-refractivity contribution in [2.45, 2.75) is 77.5 Å². The minimum Gasteiger partial charge on any atom is -0.453 e. The zero-order valence-corrected chi connectivity index (χ0v) is 34.2. The molecule has 58 heavy (non-hydrogen) atoms. The summed E-state index contributed by atoms with van der Waals surface area (Å²) in [4.78, 5) is 60.7. The van der Waals surface area contributed by atoms with Gasteiger partial charge in [0.05, 0.1) is 55.3 Å². The van der Waals surface area contributed by atoms with Crippen LogP contribution in [-0.4, -0.2) is 87.5 Å². The normalized spacial score (nSPS) is 18.3. The number of hydrogen-bond acceptors (Lipinski definition) is 9. The van der Waals surface area contributed by atoms with E-state index in [1.165, 1.54) is 20.6 Å². The van der Waals surface area contributed by atoms with E-state index in [2.05, 4.69) is 112 Å². The number of fused-ring (bicyclic) bond motifs is 2. The van der Waals surface area contributed by atoms with Gasteiger partial charge in [-0.25, -0.2) is 19.8 Å². The summed E-state index contributed by atoms with van der Waals surface area (Å²) < 4.78 is 4.77. The summed E-state index contributed by atoms with van der Waals surface area (Å²) in [5.74, 6) is 1.70. The number of aliphatic imine (C=N–C) groups is 1. The molecule has 13 nitrogen and oxygen atoms in total. The van der Waals surface area contributed by atoms with E-state index in [0.717, 1.165) is 93.8 Å². The molecule has 0 saturated carbocycles. The van der Waals surface area contributed by atoms with Gasteiger partial charge in [-0.05, 0) is 83.7 Å². The second-order valence-electron chi connectivity index (χ2n) is 15.8. The first-order valence-corrected chi connectivity index (χ1v) is 20.1. The molecule has 5 aromatic rings. The van der Waals surface area contributed by atoms with Gasteiger partial charge in [-0.3, -0.25) is 4.79 Å². The molecule has 2 aliphatic rings. The van der Waals surface area contributed by atoms with Crippen molar-refractivity contribution < 1.29 is 24.1 Å². The first-order chi connectivity index (χ1) is 28.0. The number of amides is 2. The van der Waals surface area contributed by atoms with Crippen LogP contribution in [0.25, 0.3) is 45.2 Å². The van der Waals surface area contributed by atoms with E-state index in [0.29, 0.717) is 6.54 Å². The second kappa shape index (κ2) is 17.7. The summed E-state index contributed by atoms with van der Waals surface area (Å²) in [5, 5.41) is 4.95. The average molecular weight is 787 g/mol. The van der Waals surface area contributed by atoms with E-state index in [-0.39, 0.29) is 35.9 Å². The highest BCUT2D eigenvalue weighted by molar-refractivity contribution is 5.90. The van der Waals surface area contributed by atoms with Crippen LogP contribution < -0.4 is 5.32 Å². The van der Waals surface area contributed by atoms with Gasteiger partial charge in [0.2, 0.25) is 12.3 Å². The van der Waals surface area contributed by atoms with E-state index in [1.54, 1.807) is 0 Å². The molecule has 2 aliphatic heterocycles. The molecule has 2 saturated heterocycles. The highest BCUT2D eigenvalue weighted by Crippen LogP contribution is 2.37. The zero-order valence-electron chi connectivity index (χ0n) is 34.2. The number of rotatable bonds is 14. The molecular formula is C45H54N8O5. The highest BCUT2D eigenvalue weighted by Gasteiger charge is 2.38. The van der Waals surface area contributed by atoms with Gasteiger partial charge in [0, 0.05) is 24.4 Å². The van der Waals surface area contributed by atoms with E-state index >= 15 is 0 Å². The van der Waals surface area contributed by atoms with Gasteiger partial charge >= 0.3 is 6.09 Å². The third-order valence-corrected chi connectivity index (χ3v) is 11.3. The van der Waals surface area contributed by atoms with Crippen molar-refractivity contribution in [1.82, 2.24) is 35.1 Å². The number of hydrogen-bond donors (Lipinski definition) is 3. The van der Waals surface area contributed by atoms with Gasteiger partial charge in [-0.1, -0.05) is 76.8 Å². The molecule has 0 unspecified atom stereocenters. The van der Waals surface area contributed by atoms with Gasteiger partial charge in [-0.15, -0.1) is 0 Å². The van der Waals surface area contributed by atoms with Crippen molar-refractivity contribution >= 4 is 52.4 Å². The van der Waals surface area contributed by atoms with Crippen LogP contribution >= 0.6 is 0 Å². The number of benzene rings is 3. The molecule has 0 radical (unpaired) electrons. The monoisotopic (exact) mass is 786 g/mol. The Hall–Kier alpha value is -5.95. The molecule has 3 N–H and O–H groups in total. The molecule has 0 aliphatic carbocycles. The molecule has 2 amide bonds. The number of methoxy groups -OCH3 is 1. The van der Waals surface area contributed by atoms with Crippen molar-refractivity contribution in [2.24, 2.45) is 16.8 Å². The molecule has 0 spiro atoms. The lowest BCUT2D eigenvalue weighted by Gasteiger charge is -2.32. The lowest BCUT2D eigenvalue weighted by molar-refractivity contribution is -0.188. The second-order valence-corrected chi connectivity index (χ2v) is 15.8. The maximum atomic E-state index is 13.6. The lowest BCUT2D eigenvalue weighted by atomic mass is 10.0. The molecule has 13 heteroatoms. The number of ether oxygens (including phenoxy) is 1. The van der Waals surface area contributed by atoms with E-state index in [9.17, 15) is 9.59 Å². The standard InChI is InChI=1S/C45H54N8O5/c1-27(2)40(47-26-58-57-7)29(5)52-20-8-11-39(52)43-48-35-19-15-31(23-36(35)49-43)13-12-30-14-16-33-24-34(18-17-32(33)22-30)37-25-46-42(50-37)38-10-9-21-53(38)44(54)41(28(3)4)51-45(55)56-6/h12-19,22-28,38-41H,5,8-11,20-21H2,1-4,6-7H3,(H,46,50)(H,48,49)(H,51,55)/b13-12+,47-26?/t38-,39-,40-,41-/m0/s1. The van der Waals surface area contributed by atoms with E-state index in [4.69, 9.17) is 24.5 Å². The fourth-order valence-electron chi connectivity index (χ4n) is 8.22. The van der Waals surface area contributed by atoms with Crippen molar-refractivity contribution in [3.05, 3.63) is 95.8 Å². The number of nitrogens with one attached hydrogen (secondary N) is 3. The van der Waals surface area contributed by atoms with Crippen molar-refractivity contribution in [2.75, 3.05) is 27.3 Å². The summed E-state index contributed by atoms with van der Waals surface area (Å²) in [7, 11) is 2.76. The zero-order chi connectivity index (χ0) is 40.9. The summed E-state index contributed by atoms with van der Waals surface area (Å²) in [6.07, 6.45) is 10.5. The Labute approximate surface area is 339 Å². The van der Waals surface area contributed by atoms with Crippen LogP contribution in [0.3, 0.4) is 0 Å². The van der Waals surface area contributed by atoms with Gasteiger partial charge in [0.25, 0.3) is 0 Å². The summed E-state index contributed by atoms with van der Waals surface area (Å²) in [6.45, 7) is 14.0. The minimum absolute atomic E-state index is 0.0946. The highest BCUT2D eigenvalue weighted by atomic mass is 17.2. The first-order valence-electron chi connectivity index (χ1n) is 20.1. The summed E-state index contributed by atoms with van der Waals surface area (Å²) in [6, 6.07) is 18.2. The van der Waals surface area contributed by atoms with Gasteiger partial charge in [0.1, 0.15) is 17.7 Å². The number of alkyl carbamates (subject to hydrolysis) is 1. The van der Waals surface area contributed by atoms with Crippen LogP contribution in [0.4, 0.5) is 4.79 Å². The number of imidazole rings is 2. The lowest BCUT2D eigenvalue weighted by Crippen LogP contribution is -2.51. The number of aromatic nitrogens is 4. The number of H-pyrrole nitrogens is 2. The van der Waals surface area contributed by atoms with Crippen LogP contribution in [-0.2, 0) is 19.3 Å². The molecule has 2 aromatic heterocycles. The van der Waals surface area contributed by atoms with Crippen molar-refractivity contribution in [3.8, 4) is 11.3 Å². The van der Waals surface area contributed by atoms with Crippen LogP contribution in [0.15, 0.2) is 78.1 Å². The molecule has 0 bridgehead atoms. The quantitative estimate of drug-likeness (QED) is 0.0333. The van der Waals surface area contributed by atoms with Crippen molar-refractivity contribution in [1.29, 1.82) is 0 Å². The number of carbonyl (C=O) groups excluding carboxylic acids is 2. The van der Waals surface area contributed by atoms with Crippen LogP contribution in [0, 0.1) is 11.8 Å². The largest absolute Gasteiger partial charge is 0.453 e. The Morgan fingerprint density at radius 1 is 0.879 bits per heavy atom. The van der Waals surface area contributed by atoms with Gasteiger partial charge in [-0.2, -0.15) is 4.89 Å². The maximum absolute atomic E-state index is 13.6. The molecular weight excluding hydrogens is 733 g/mol. The molecule has 304 valence electrons. The smallest absolute Gasteiger partial charge is 0.407 e. The Morgan fingerprint density at radius 2 is 1.57 bits per heavy atom. The third-order valence-electron chi connectivity index (χ3n) is 11.3. The fraction of sp³-hybridized carbons (Fsp3) is 0.400. The molecule has 3 aromatic carbocycles. The predicted molar refractivity (Wildman–Crippen MR) is 227 cm³/mol. The van der Waals surface area contributed by atoms with Crippen molar-refractivity contribution in [3.63, 3.8) is 0 Å². The Kier molecular flexibility index (Phi) is 12.3. The number of carbonyl (C=O) groups is 2. The van der Waals surface area contributed by atoms with Crippen LogP contribution in [0.2, 0.25) is 0 Å². The van der Waals surface area contributed by atoms with Crippen LogP contribution in [0.1, 0.15) is 88.2 Å². The summed E-state index contributed by atoms with van der Waals surface area (Å²) in [5.41, 5.74) is 6.96. The predicted octanol–water partition coefficient (Wildman–Crippen LogP) is 8.60. The van der Waals surface area contributed by atoms with Gasteiger partial charge in [0.15, 0.2) is 0 Å². The maximum Gasteiger partial charge on any atom is 0.407 e. The Bertz CT molecular complexity index is 2330. The number of likely N-dealkylation sites (tertiary alicyclic amines) is 2. The number of aromatic amines is 2. The average Bonchev–Trinajstić information content (AvgIpc) is 4.06. The van der Waals surface area contributed by atoms with Crippen LogP contribution in [0.5, 0.6) is 0 Å². The molecule has 2 fully saturated rings. The molecule has 7 rings (SSSR count). The molecule has 4 atom stereocenters. The van der Waals surface area contributed by atoms with Gasteiger partial charge < -0.3 is 34.7 Å². The topological polar surface area (TPSA) is 150 Å². The molecule has 4 heterocycles. The number of nitrogens with zero attached hydrogens (tertiary/aromatic N) is 5. The fourth-order valence-corrected chi connectivity index (χ4v) is 8.22. The minimum atomic E-state index is -0.677. The Morgan fingerprint density at radius 3 is 2.29 bits per heavy atom. The first kappa shape index (κ1) is 40.3. The third kappa shape index (κ3) is 8.64. The SMILES string of the molecule is C=C([C@@H](N=COOC)C(C)C)N1CCC[C@H]1c1nc2ccc(/C=C/c3ccc4cc(-c5cnc([C@@H]6CCCN6C(=O)[C@@H](NC(=O)OC)C(C)C)[nH]5)ccc4c3)cc2[nH]1.